The van der Waals surface area contributed by atoms with Gasteiger partial charge in [-0.15, -0.1) is 0 Å². The first-order valence-electron chi connectivity index (χ1n) is 17.6. The van der Waals surface area contributed by atoms with Crippen LogP contribution < -0.4 is 20.2 Å². The lowest BCUT2D eigenvalue weighted by atomic mass is 10.1. The van der Waals surface area contributed by atoms with Crippen molar-refractivity contribution in [2.24, 2.45) is 0 Å². The van der Waals surface area contributed by atoms with Gasteiger partial charge in [-0.1, -0.05) is 29.3 Å². The van der Waals surface area contributed by atoms with E-state index in [1.54, 1.807) is 18.2 Å². The average Bonchev–Trinajstić information content (AvgIpc) is 3.86. The number of benzene rings is 3. The van der Waals surface area contributed by atoms with Crippen molar-refractivity contribution in [2.75, 3.05) is 49.0 Å². The van der Waals surface area contributed by atoms with Gasteiger partial charge in [0.15, 0.2) is 0 Å². The van der Waals surface area contributed by atoms with Crippen molar-refractivity contribution in [3.05, 3.63) is 112 Å². The largest absolute Gasteiger partial charge is 0.491 e. The number of nitrogens with zero attached hydrogens (tertiary/aromatic N) is 7. The van der Waals surface area contributed by atoms with Gasteiger partial charge < -0.3 is 24.0 Å². The Morgan fingerprint density at radius 2 is 1.64 bits per heavy atom. The van der Waals surface area contributed by atoms with Gasteiger partial charge in [0.25, 0.3) is 0 Å². The van der Waals surface area contributed by atoms with E-state index in [-0.39, 0.29) is 31.1 Å². The summed E-state index contributed by atoms with van der Waals surface area (Å²) < 4.78 is 92.3. The molecule has 2 fully saturated rings. The minimum Gasteiger partial charge on any atom is -0.491 e. The number of halogens is 2. The lowest BCUT2D eigenvalue weighted by Crippen LogP contribution is -2.46. The fourth-order valence-corrected chi connectivity index (χ4v) is 5.42. The number of piperazine rings is 1. The summed E-state index contributed by atoms with van der Waals surface area (Å²) in [6.07, 6.45) is 3.53. The number of H-pyrrole nitrogens is 1. The number of hydrogen-bond donors (Lipinski definition) is 1. The van der Waals surface area contributed by atoms with Crippen molar-refractivity contribution in [3.63, 3.8) is 0 Å². The van der Waals surface area contributed by atoms with Crippen molar-refractivity contribution >= 4 is 34.6 Å². The Bertz CT molecular complexity index is 2130. The second-order valence-corrected chi connectivity index (χ2v) is 10.8. The van der Waals surface area contributed by atoms with Crippen LogP contribution >= 0.6 is 23.2 Å². The molecule has 0 unspecified atom stereocenters. The molecule has 12 nitrogen and oxygen atoms in total. The molecule has 3 aromatic carbocycles. The number of hydrogen-bond acceptors (Lipinski definition) is 9. The van der Waals surface area contributed by atoms with Gasteiger partial charge in [0.05, 0.1) is 28.3 Å². The normalized spacial score (nSPS) is 27.2. The zero-order valence-corrected chi connectivity index (χ0v) is 24.8. The minimum atomic E-state index is -3.13. The van der Waals surface area contributed by atoms with E-state index in [9.17, 15) is 4.79 Å². The van der Waals surface area contributed by atoms with Crippen molar-refractivity contribution in [2.45, 2.75) is 18.4 Å². The van der Waals surface area contributed by atoms with Crippen LogP contribution in [0.1, 0.15) is 16.5 Å². The highest BCUT2D eigenvalue weighted by Gasteiger charge is 2.45. The Morgan fingerprint density at radius 1 is 0.956 bits per heavy atom. The molecular weight excluding hydrogens is 619 g/mol. The molecule has 2 aromatic heterocycles. The van der Waals surface area contributed by atoms with E-state index in [4.69, 9.17) is 48.4 Å². The topological polar surface area (TPSA) is 116 Å². The highest BCUT2D eigenvalue weighted by atomic mass is 35.5. The van der Waals surface area contributed by atoms with E-state index in [1.165, 1.54) is 72.2 Å². The second kappa shape index (κ2) is 12.6. The molecule has 14 heteroatoms. The summed E-state index contributed by atoms with van der Waals surface area (Å²) in [5, 5.41) is 10.8. The summed E-state index contributed by atoms with van der Waals surface area (Å²) >= 11 is 12.7. The molecule has 0 radical (unpaired) electrons. The van der Waals surface area contributed by atoms with Gasteiger partial charge in [-0.2, -0.15) is 10.2 Å². The summed E-state index contributed by atoms with van der Waals surface area (Å²) in [5.74, 6) is -1.05. The monoisotopic (exact) mass is 656 g/mol. The first-order chi connectivity index (χ1) is 25.0. The van der Waals surface area contributed by atoms with Gasteiger partial charge in [0, 0.05) is 47.9 Å². The average molecular weight is 658 g/mol. The maximum atomic E-state index is 12.0. The molecule has 2 atom stereocenters. The molecule has 0 saturated carbocycles. The molecule has 2 aliphatic rings. The van der Waals surface area contributed by atoms with E-state index < -0.39 is 43.6 Å². The van der Waals surface area contributed by atoms with Crippen LogP contribution in [0.25, 0.3) is 5.69 Å². The lowest BCUT2D eigenvalue weighted by Gasteiger charge is -2.37. The van der Waals surface area contributed by atoms with Crippen molar-refractivity contribution in [3.8, 4) is 11.4 Å². The Kier molecular flexibility index (Phi) is 5.97. The van der Waals surface area contributed by atoms with Crippen LogP contribution in [0.2, 0.25) is 10.0 Å². The molecule has 7 rings (SSSR count). The zero-order chi connectivity index (χ0) is 38.0. The third-order valence-corrected chi connectivity index (χ3v) is 7.60. The minimum absolute atomic E-state index is 0.00309. The number of ether oxygens (including phenoxy) is 3. The number of anilines is 2. The molecule has 2 saturated heterocycles. The van der Waals surface area contributed by atoms with Crippen molar-refractivity contribution < 1.29 is 25.2 Å². The Morgan fingerprint density at radius 3 is 2.27 bits per heavy atom. The van der Waals surface area contributed by atoms with Crippen LogP contribution in [0.3, 0.4) is 0 Å². The molecule has 2 aliphatic heterocycles. The predicted octanol–water partition coefficient (Wildman–Crippen LogP) is 4.13. The molecule has 0 aliphatic carbocycles. The SMILES string of the molecule is [2H]C1([2H])N(c2ccc(OC[C@@H]3CO[C@@](Cn4cncn4)(c4ccc(Cl)cc4Cl)O3)cc2)C([2H])([2H])C([2H])([2H])N(c2ccc(-n3cn[nH]c3=O)cc2)C1([2H])[2H]. The number of aromatic amines is 1. The summed E-state index contributed by atoms with van der Waals surface area (Å²) in [4.78, 5) is 16.9. The highest BCUT2D eigenvalue weighted by Crippen LogP contribution is 2.40. The van der Waals surface area contributed by atoms with Gasteiger partial charge in [-0.3, -0.25) is 0 Å². The Hall–Kier alpha value is -4.36. The van der Waals surface area contributed by atoms with Crippen LogP contribution in [0.4, 0.5) is 11.4 Å². The van der Waals surface area contributed by atoms with Gasteiger partial charge >= 0.3 is 5.69 Å². The van der Waals surface area contributed by atoms with Crippen LogP contribution in [0.5, 0.6) is 5.75 Å². The third-order valence-electron chi connectivity index (χ3n) is 7.05. The van der Waals surface area contributed by atoms with Gasteiger partial charge in [0.2, 0.25) is 5.79 Å². The zero-order valence-electron chi connectivity index (χ0n) is 31.3. The van der Waals surface area contributed by atoms with E-state index in [0.717, 1.165) is 4.57 Å². The summed E-state index contributed by atoms with van der Waals surface area (Å²) in [6, 6.07) is 15.8. The lowest BCUT2D eigenvalue weighted by molar-refractivity contribution is -0.190. The molecule has 45 heavy (non-hydrogen) atoms. The van der Waals surface area contributed by atoms with Gasteiger partial charge in [0.1, 0.15) is 44.0 Å². The summed E-state index contributed by atoms with van der Waals surface area (Å²) in [6.45, 7) is -12.3. The molecule has 4 heterocycles. The standard InChI is InChI=1S/C31H30Cl2N8O4/c32-22-1-10-28(29(33)15-22)31(18-40-20-34-19-36-40)44-17-27(45-31)16-43-26-8-6-24(7-9-26)39-13-11-38(12-14-39)23-2-4-25(5-3-23)41-21-35-37-30(41)42/h1-10,15,19-21,27H,11-14,16-18H2,(H,37,42)/t27-,31-/m1/s1/i11D2,12D2,13D2,14D2. The van der Waals surface area contributed by atoms with Gasteiger partial charge in [-0.05, 0) is 60.7 Å². The number of rotatable bonds is 9. The summed E-state index contributed by atoms with van der Waals surface area (Å²) in [5.41, 5.74) is 0.0160. The third kappa shape index (κ3) is 6.27. The Balaban J connectivity index is 1.10. The first kappa shape index (κ1) is 21.4. The van der Waals surface area contributed by atoms with E-state index in [2.05, 4.69) is 20.3 Å². The van der Waals surface area contributed by atoms with Crippen LogP contribution in [-0.4, -0.2) is 74.8 Å². The molecule has 1 N–H and O–H groups in total. The quantitative estimate of drug-likeness (QED) is 0.250. The smallest absolute Gasteiger partial charge is 0.347 e. The molecule has 232 valence electrons. The molecule has 0 spiro atoms. The molecule has 5 aromatic rings. The van der Waals surface area contributed by atoms with E-state index in [1.807, 2.05) is 0 Å². The van der Waals surface area contributed by atoms with Crippen LogP contribution in [0.15, 0.2) is 90.5 Å². The predicted molar refractivity (Wildman–Crippen MR) is 170 cm³/mol. The van der Waals surface area contributed by atoms with Crippen LogP contribution in [-0.2, 0) is 21.8 Å². The van der Waals surface area contributed by atoms with E-state index in [0.29, 0.717) is 36.8 Å². The first-order valence-corrected chi connectivity index (χ1v) is 14.4. The number of aromatic nitrogens is 6. The fourth-order valence-electron chi connectivity index (χ4n) is 4.87. The van der Waals surface area contributed by atoms with E-state index >= 15 is 0 Å². The van der Waals surface area contributed by atoms with Gasteiger partial charge in [-0.25, -0.2) is 24.1 Å². The summed E-state index contributed by atoms with van der Waals surface area (Å²) in [7, 11) is 0. The maximum Gasteiger partial charge on any atom is 0.347 e. The van der Waals surface area contributed by atoms with Crippen molar-refractivity contribution in [1.82, 2.24) is 29.5 Å². The molecular formula is C31H30Cl2N8O4. The van der Waals surface area contributed by atoms with Crippen LogP contribution in [0, 0.1) is 0 Å². The Labute approximate surface area is 279 Å². The molecule has 0 bridgehead atoms. The second-order valence-electron chi connectivity index (χ2n) is 9.99. The molecule has 0 amide bonds. The van der Waals surface area contributed by atoms with Crippen molar-refractivity contribution in [1.29, 1.82) is 0 Å². The number of nitrogens with one attached hydrogen (secondary N) is 1. The highest BCUT2D eigenvalue weighted by molar-refractivity contribution is 6.35. The maximum absolute atomic E-state index is 12.0. The fraction of sp³-hybridized carbons (Fsp3) is 0.290.